The van der Waals surface area contributed by atoms with E-state index in [-0.39, 0.29) is 29.9 Å². The fraction of sp³-hybridized carbons (Fsp3) is 0.619. The molecule has 7 nitrogen and oxygen atoms in total. The van der Waals surface area contributed by atoms with Crippen LogP contribution in [0.5, 0.6) is 0 Å². The van der Waals surface area contributed by atoms with E-state index >= 15 is 0 Å². The van der Waals surface area contributed by atoms with Gasteiger partial charge in [-0.1, -0.05) is 11.6 Å². The van der Waals surface area contributed by atoms with Crippen LogP contribution in [0.1, 0.15) is 26.2 Å². The zero-order chi connectivity index (χ0) is 20.5. The molecule has 9 heteroatoms. The van der Waals surface area contributed by atoms with Gasteiger partial charge in [-0.05, 0) is 44.0 Å². The number of nitrogens with zero attached hydrogens (tertiary/aromatic N) is 3. The number of morpholine rings is 1. The van der Waals surface area contributed by atoms with E-state index in [2.05, 4.69) is 27.4 Å². The van der Waals surface area contributed by atoms with E-state index in [0.29, 0.717) is 24.0 Å². The Morgan fingerprint density at radius 1 is 1.23 bits per heavy atom. The van der Waals surface area contributed by atoms with E-state index in [0.717, 1.165) is 70.4 Å². The molecule has 0 aliphatic carbocycles. The van der Waals surface area contributed by atoms with Crippen LogP contribution in [0.25, 0.3) is 0 Å². The minimum atomic E-state index is 0. The Morgan fingerprint density at radius 3 is 2.67 bits per heavy atom. The first-order valence-corrected chi connectivity index (χ1v) is 10.9. The number of halogens is 2. The summed E-state index contributed by atoms with van der Waals surface area (Å²) < 4.78 is 5.47. The number of benzene rings is 1. The molecular weight excluding hydrogens is 517 g/mol. The summed E-state index contributed by atoms with van der Waals surface area (Å²) in [6.07, 6.45) is 2.32. The maximum Gasteiger partial charge on any atom is 0.224 e. The van der Waals surface area contributed by atoms with Gasteiger partial charge in [0.25, 0.3) is 0 Å². The van der Waals surface area contributed by atoms with Gasteiger partial charge in [0.2, 0.25) is 5.91 Å². The lowest BCUT2D eigenvalue weighted by Crippen LogP contribution is -2.46. The Bertz CT molecular complexity index is 682. The Kier molecular flexibility index (Phi) is 11.2. The van der Waals surface area contributed by atoms with Crippen molar-refractivity contribution >= 4 is 53.1 Å². The molecule has 2 aliphatic heterocycles. The summed E-state index contributed by atoms with van der Waals surface area (Å²) in [6, 6.07) is 7.72. The van der Waals surface area contributed by atoms with Crippen LogP contribution >= 0.6 is 35.6 Å². The number of anilines is 1. The third-order valence-electron chi connectivity index (χ3n) is 5.31. The minimum absolute atomic E-state index is 0. The second kappa shape index (κ2) is 13.3. The lowest BCUT2D eigenvalue weighted by Gasteiger charge is -2.32. The molecule has 2 aliphatic rings. The third-order valence-corrected chi connectivity index (χ3v) is 5.56. The van der Waals surface area contributed by atoms with Crippen molar-refractivity contribution in [3.05, 3.63) is 29.3 Å². The zero-order valence-corrected chi connectivity index (χ0v) is 20.7. The highest BCUT2D eigenvalue weighted by Gasteiger charge is 2.30. The van der Waals surface area contributed by atoms with E-state index in [1.54, 1.807) is 24.3 Å². The van der Waals surface area contributed by atoms with Crippen LogP contribution in [0, 0.1) is 0 Å². The van der Waals surface area contributed by atoms with Crippen molar-refractivity contribution in [3.63, 3.8) is 0 Å². The SMILES string of the molecule is CCNC(=NCCCC(=O)Nc1ccc(Cl)cc1)N1CCC(N2CCOCC2)C1.I. The summed E-state index contributed by atoms with van der Waals surface area (Å²) in [6.45, 7) is 9.30. The largest absolute Gasteiger partial charge is 0.379 e. The fourth-order valence-electron chi connectivity index (χ4n) is 3.78. The van der Waals surface area contributed by atoms with Crippen molar-refractivity contribution in [2.75, 3.05) is 57.8 Å². The Balaban J connectivity index is 0.00000320. The highest BCUT2D eigenvalue weighted by molar-refractivity contribution is 14.0. The average molecular weight is 550 g/mol. The van der Waals surface area contributed by atoms with Gasteiger partial charge in [0.15, 0.2) is 5.96 Å². The number of hydrogen-bond donors (Lipinski definition) is 2. The van der Waals surface area contributed by atoms with Gasteiger partial charge in [-0.3, -0.25) is 14.7 Å². The molecule has 1 aromatic carbocycles. The summed E-state index contributed by atoms with van der Waals surface area (Å²) in [5, 5.41) is 6.95. The molecule has 0 aromatic heterocycles. The van der Waals surface area contributed by atoms with E-state index in [1.165, 1.54) is 0 Å². The summed E-state index contributed by atoms with van der Waals surface area (Å²) in [5.41, 5.74) is 0.766. The molecule has 2 fully saturated rings. The number of ether oxygens (including phenoxy) is 1. The van der Waals surface area contributed by atoms with Gasteiger partial charge < -0.3 is 20.3 Å². The molecule has 168 valence electrons. The smallest absolute Gasteiger partial charge is 0.224 e. The molecular formula is C21H33ClIN5O2. The number of hydrogen-bond acceptors (Lipinski definition) is 4. The van der Waals surface area contributed by atoms with Crippen LogP contribution < -0.4 is 10.6 Å². The molecule has 1 atom stereocenters. The maximum atomic E-state index is 12.1. The van der Waals surface area contributed by atoms with Crippen LogP contribution in [-0.4, -0.2) is 80.2 Å². The standard InChI is InChI=1S/C21H32ClN5O2.HI/c1-2-23-21(27-11-9-19(16-27)26-12-14-29-15-13-26)24-10-3-4-20(28)25-18-7-5-17(22)6-8-18;/h5-8,19H,2-4,9-16H2,1H3,(H,23,24)(H,25,28);1H. The summed E-state index contributed by atoms with van der Waals surface area (Å²) in [7, 11) is 0. The highest BCUT2D eigenvalue weighted by Crippen LogP contribution is 2.17. The van der Waals surface area contributed by atoms with Gasteiger partial charge in [-0.25, -0.2) is 0 Å². The molecule has 0 radical (unpaired) electrons. The number of likely N-dealkylation sites (tertiary alicyclic amines) is 1. The molecule has 1 amide bonds. The zero-order valence-electron chi connectivity index (χ0n) is 17.6. The van der Waals surface area contributed by atoms with Crippen molar-refractivity contribution in [2.45, 2.75) is 32.2 Å². The molecule has 0 saturated carbocycles. The number of nitrogens with one attached hydrogen (secondary N) is 2. The second-order valence-corrected chi connectivity index (χ2v) is 7.87. The monoisotopic (exact) mass is 549 g/mol. The Morgan fingerprint density at radius 2 is 1.97 bits per heavy atom. The predicted molar refractivity (Wildman–Crippen MR) is 133 cm³/mol. The van der Waals surface area contributed by atoms with Crippen LogP contribution in [0.15, 0.2) is 29.3 Å². The van der Waals surface area contributed by atoms with Crippen molar-refractivity contribution in [3.8, 4) is 0 Å². The minimum Gasteiger partial charge on any atom is -0.379 e. The molecule has 0 spiro atoms. The van der Waals surface area contributed by atoms with Crippen LogP contribution in [0.3, 0.4) is 0 Å². The normalized spacial score (nSPS) is 20.0. The van der Waals surface area contributed by atoms with E-state index in [4.69, 9.17) is 21.3 Å². The molecule has 2 saturated heterocycles. The van der Waals surface area contributed by atoms with Gasteiger partial charge in [-0.15, -0.1) is 24.0 Å². The fourth-order valence-corrected chi connectivity index (χ4v) is 3.91. The van der Waals surface area contributed by atoms with Gasteiger partial charge in [0.1, 0.15) is 0 Å². The molecule has 2 heterocycles. The lowest BCUT2D eigenvalue weighted by atomic mass is 10.2. The molecule has 1 aromatic rings. The van der Waals surface area contributed by atoms with E-state index < -0.39 is 0 Å². The van der Waals surface area contributed by atoms with Crippen molar-refractivity contribution in [2.24, 2.45) is 4.99 Å². The van der Waals surface area contributed by atoms with Gasteiger partial charge in [0, 0.05) is 62.4 Å². The number of carbonyl (C=O) groups is 1. The second-order valence-electron chi connectivity index (χ2n) is 7.43. The number of guanidine groups is 1. The topological polar surface area (TPSA) is 69.2 Å². The maximum absolute atomic E-state index is 12.1. The van der Waals surface area contributed by atoms with Crippen molar-refractivity contribution in [1.29, 1.82) is 0 Å². The van der Waals surface area contributed by atoms with Crippen LogP contribution in [-0.2, 0) is 9.53 Å². The first kappa shape index (κ1) is 25.2. The van der Waals surface area contributed by atoms with Gasteiger partial charge >= 0.3 is 0 Å². The molecule has 1 unspecified atom stereocenters. The highest BCUT2D eigenvalue weighted by atomic mass is 127. The average Bonchev–Trinajstić information content (AvgIpc) is 3.23. The number of carbonyl (C=O) groups excluding carboxylic acids is 1. The van der Waals surface area contributed by atoms with Crippen LogP contribution in [0.4, 0.5) is 5.69 Å². The summed E-state index contributed by atoms with van der Waals surface area (Å²) in [5.74, 6) is 0.961. The molecule has 30 heavy (non-hydrogen) atoms. The first-order valence-electron chi connectivity index (χ1n) is 10.6. The first-order chi connectivity index (χ1) is 14.2. The number of amides is 1. The summed E-state index contributed by atoms with van der Waals surface area (Å²) >= 11 is 5.87. The van der Waals surface area contributed by atoms with Crippen LogP contribution in [0.2, 0.25) is 5.02 Å². The van der Waals surface area contributed by atoms with Gasteiger partial charge in [0.05, 0.1) is 13.2 Å². The van der Waals surface area contributed by atoms with Crippen molar-refractivity contribution < 1.29 is 9.53 Å². The lowest BCUT2D eigenvalue weighted by molar-refractivity contribution is -0.116. The number of aliphatic imine (C=N–C) groups is 1. The van der Waals surface area contributed by atoms with Gasteiger partial charge in [-0.2, -0.15) is 0 Å². The molecule has 2 N–H and O–H groups in total. The predicted octanol–water partition coefficient (Wildman–Crippen LogP) is 3.05. The Hall–Kier alpha value is -1.10. The number of rotatable bonds is 7. The summed E-state index contributed by atoms with van der Waals surface area (Å²) in [4.78, 5) is 21.7. The molecule has 3 rings (SSSR count). The van der Waals surface area contributed by atoms with E-state index in [9.17, 15) is 4.79 Å². The Labute approximate surface area is 201 Å². The van der Waals surface area contributed by atoms with E-state index in [1.807, 2.05) is 0 Å². The van der Waals surface area contributed by atoms with Crippen molar-refractivity contribution in [1.82, 2.24) is 15.1 Å². The molecule has 0 bridgehead atoms. The third kappa shape index (κ3) is 7.86. The quantitative estimate of drug-likeness (QED) is 0.237.